The van der Waals surface area contributed by atoms with E-state index >= 15 is 0 Å². The van der Waals surface area contributed by atoms with Crippen molar-refractivity contribution in [3.63, 3.8) is 0 Å². The number of nitrogens with one attached hydrogen (secondary N) is 2. The molecule has 4 rings (SSSR count). The molecule has 10 heteroatoms. The Morgan fingerprint density at radius 3 is 2.30 bits per heavy atom. The van der Waals surface area contributed by atoms with Crippen LogP contribution in [0.5, 0.6) is 11.5 Å². The first-order chi connectivity index (χ1) is 17.7. The first kappa shape index (κ1) is 25.6. The van der Waals surface area contributed by atoms with E-state index < -0.39 is 10.0 Å². The summed E-state index contributed by atoms with van der Waals surface area (Å²) in [6.07, 6.45) is 0. The molecule has 0 radical (unpaired) electrons. The average Bonchev–Trinajstić information content (AvgIpc) is 2.87. The topological polar surface area (TPSA) is 120 Å². The quantitative estimate of drug-likeness (QED) is 0.329. The van der Waals surface area contributed by atoms with Crippen molar-refractivity contribution in [2.45, 2.75) is 25.3 Å². The number of aryl methyl sites for hydroxylation is 2. The Hall–Kier alpha value is -4.44. The zero-order valence-electron chi connectivity index (χ0n) is 20.6. The van der Waals surface area contributed by atoms with E-state index in [2.05, 4.69) is 20.0 Å². The van der Waals surface area contributed by atoms with Gasteiger partial charge in [0.05, 0.1) is 12.0 Å². The van der Waals surface area contributed by atoms with E-state index in [1.54, 1.807) is 38.1 Å². The fraction of sp³-hybridized carbons (Fsp3) is 0.148. The van der Waals surface area contributed by atoms with Crippen LogP contribution in [0.4, 0.5) is 11.5 Å². The number of nitrogens with zero attached hydrogens (tertiary/aromatic N) is 2. The van der Waals surface area contributed by atoms with Crippen molar-refractivity contribution in [3.05, 3.63) is 102 Å². The maximum absolute atomic E-state index is 12.8. The highest BCUT2D eigenvalue weighted by Gasteiger charge is 2.17. The predicted octanol–water partition coefficient (Wildman–Crippen LogP) is 4.73. The molecule has 9 nitrogen and oxygen atoms in total. The lowest BCUT2D eigenvalue weighted by Gasteiger charge is -2.13. The number of amides is 1. The second-order valence-electron chi connectivity index (χ2n) is 8.17. The number of hydrogen-bond acceptors (Lipinski definition) is 7. The third-order valence-corrected chi connectivity index (χ3v) is 6.66. The van der Waals surface area contributed by atoms with Gasteiger partial charge >= 0.3 is 0 Å². The number of sulfonamides is 1. The monoisotopic (exact) mass is 518 g/mol. The Morgan fingerprint density at radius 2 is 1.62 bits per heavy atom. The summed E-state index contributed by atoms with van der Waals surface area (Å²) in [5.74, 6) is 1.20. The van der Waals surface area contributed by atoms with Crippen LogP contribution in [0.3, 0.4) is 0 Å². The van der Waals surface area contributed by atoms with Crippen LogP contribution in [0.25, 0.3) is 0 Å². The summed E-state index contributed by atoms with van der Waals surface area (Å²) in [6, 6.07) is 22.0. The molecule has 0 aliphatic rings. The Morgan fingerprint density at radius 1 is 0.892 bits per heavy atom. The van der Waals surface area contributed by atoms with Crippen molar-refractivity contribution < 1.29 is 22.7 Å². The summed E-state index contributed by atoms with van der Waals surface area (Å²) < 4.78 is 39.2. The molecule has 1 amide bonds. The standard InChI is InChI=1S/C27H26N4O5S/c1-18-15-26(29-19(2)28-18)31-37(33,34)23-12-10-22(11-13-23)30-27(32)21-9-14-24(25(16-21)35-3)36-17-20-7-5-4-6-8-20/h4-16H,17H2,1-3H3,(H,30,32)(H,28,29,31). The molecule has 0 bridgehead atoms. The molecule has 0 fully saturated rings. The molecule has 3 aromatic carbocycles. The minimum atomic E-state index is -3.87. The van der Waals surface area contributed by atoms with Gasteiger partial charge in [0.1, 0.15) is 18.2 Å². The molecule has 0 saturated heterocycles. The molecule has 0 aliphatic heterocycles. The van der Waals surface area contributed by atoms with E-state index in [4.69, 9.17) is 9.47 Å². The maximum atomic E-state index is 12.8. The largest absolute Gasteiger partial charge is 0.493 e. The summed E-state index contributed by atoms with van der Waals surface area (Å²) in [7, 11) is -2.36. The zero-order valence-corrected chi connectivity index (χ0v) is 21.4. The molecular weight excluding hydrogens is 492 g/mol. The lowest BCUT2D eigenvalue weighted by atomic mass is 10.1. The molecule has 0 saturated carbocycles. The lowest BCUT2D eigenvalue weighted by molar-refractivity contribution is 0.102. The molecule has 0 atom stereocenters. The van der Waals surface area contributed by atoms with Crippen LogP contribution in [0.2, 0.25) is 0 Å². The number of ether oxygens (including phenoxy) is 2. The van der Waals surface area contributed by atoms with Crippen molar-refractivity contribution in [2.24, 2.45) is 0 Å². The summed E-state index contributed by atoms with van der Waals surface area (Å²) in [5, 5.41) is 2.76. The number of aromatic nitrogens is 2. The van der Waals surface area contributed by atoms with Crippen LogP contribution in [-0.2, 0) is 16.6 Å². The van der Waals surface area contributed by atoms with E-state index in [1.165, 1.54) is 31.4 Å². The summed E-state index contributed by atoms with van der Waals surface area (Å²) in [4.78, 5) is 21.1. The zero-order chi connectivity index (χ0) is 26.4. The first-order valence-corrected chi connectivity index (χ1v) is 12.8. The number of carbonyl (C=O) groups is 1. The summed E-state index contributed by atoms with van der Waals surface area (Å²) in [5.41, 5.74) is 2.45. The van der Waals surface area contributed by atoms with E-state index in [9.17, 15) is 13.2 Å². The molecule has 1 heterocycles. The highest BCUT2D eigenvalue weighted by Crippen LogP contribution is 2.29. The van der Waals surface area contributed by atoms with Gasteiger partial charge in [-0.3, -0.25) is 9.52 Å². The molecule has 0 spiro atoms. The highest BCUT2D eigenvalue weighted by molar-refractivity contribution is 7.92. The number of hydrogen-bond donors (Lipinski definition) is 2. The van der Waals surface area contributed by atoms with Gasteiger partial charge in [0.25, 0.3) is 15.9 Å². The molecule has 37 heavy (non-hydrogen) atoms. The highest BCUT2D eigenvalue weighted by atomic mass is 32.2. The molecule has 4 aromatic rings. The molecule has 0 aliphatic carbocycles. The van der Waals surface area contributed by atoms with Crippen LogP contribution < -0.4 is 19.5 Å². The van der Waals surface area contributed by atoms with Crippen LogP contribution >= 0.6 is 0 Å². The van der Waals surface area contributed by atoms with Crippen LogP contribution in [0.15, 0.2) is 83.8 Å². The van der Waals surface area contributed by atoms with Gasteiger partial charge < -0.3 is 14.8 Å². The van der Waals surface area contributed by atoms with Crippen LogP contribution in [0.1, 0.15) is 27.4 Å². The fourth-order valence-corrected chi connectivity index (χ4v) is 4.54. The van der Waals surface area contributed by atoms with Crippen molar-refractivity contribution in [1.29, 1.82) is 0 Å². The first-order valence-electron chi connectivity index (χ1n) is 11.3. The van der Waals surface area contributed by atoms with Crippen molar-refractivity contribution in [1.82, 2.24) is 9.97 Å². The van der Waals surface area contributed by atoms with E-state index in [1.807, 2.05) is 30.3 Å². The second kappa shape index (κ2) is 11.1. The minimum absolute atomic E-state index is 0.0287. The van der Waals surface area contributed by atoms with Gasteiger partial charge in [-0.2, -0.15) is 0 Å². The summed E-state index contributed by atoms with van der Waals surface area (Å²) in [6.45, 7) is 3.80. The third kappa shape index (κ3) is 6.62. The van der Waals surface area contributed by atoms with Gasteiger partial charge in [-0.15, -0.1) is 0 Å². The second-order valence-corrected chi connectivity index (χ2v) is 9.85. The molecule has 190 valence electrons. The Labute approximate surface area is 215 Å². The molecule has 1 aromatic heterocycles. The van der Waals surface area contributed by atoms with Crippen molar-refractivity contribution in [2.75, 3.05) is 17.1 Å². The van der Waals surface area contributed by atoms with Crippen LogP contribution in [-0.4, -0.2) is 31.4 Å². The molecule has 0 unspecified atom stereocenters. The minimum Gasteiger partial charge on any atom is -0.493 e. The smallest absolute Gasteiger partial charge is 0.263 e. The van der Waals surface area contributed by atoms with E-state index in [0.29, 0.717) is 40.9 Å². The Balaban J connectivity index is 1.42. The Bertz CT molecular complexity index is 1490. The number of carbonyl (C=O) groups excluding carboxylic acids is 1. The maximum Gasteiger partial charge on any atom is 0.263 e. The number of benzene rings is 3. The lowest BCUT2D eigenvalue weighted by Crippen LogP contribution is -2.15. The van der Waals surface area contributed by atoms with Gasteiger partial charge in [0.2, 0.25) is 0 Å². The molecule has 2 N–H and O–H groups in total. The number of rotatable bonds is 9. The SMILES string of the molecule is COc1cc(C(=O)Nc2ccc(S(=O)(=O)Nc3cc(C)nc(C)n3)cc2)ccc1OCc1ccccc1. The van der Waals surface area contributed by atoms with Crippen LogP contribution in [0, 0.1) is 13.8 Å². The normalized spacial score (nSPS) is 11.0. The van der Waals surface area contributed by atoms with Gasteiger partial charge in [0.15, 0.2) is 11.5 Å². The van der Waals surface area contributed by atoms with Gasteiger partial charge in [-0.05, 0) is 61.9 Å². The van der Waals surface area contributed by atoms with E-state index in [0.717, 1.165) is 5.56 Å². The fourth-order valence-electron chi connectivity index (χ4n) is 3.55. The molecular formula is C27H26N4O5S. The number of methoxy groups -OCH3 is 1. The van der Waals surface area contributed by atoms with Gasteiger partial charge in [-0.25, -0.2) is 18.4 Å². The van der Waals surface area contributed by atoms with Gasteiger partial charge in [-0.1, -0.05) is 30.3 Å². The predicted molar refractivity (Wildman–Crippen MR) is 140 cm³/mol. The average molecular weight is 519 g/mol. The summed E-state index contributed by atoms with van der Waals surface area (Å²) >= 11 is 0. The number of anilines is 2. The van der Waals surface area contributed by atoms with E-state index in [-0.39, 0.29) is 16.6 Å². The Kier molecular flexibility index (Phi) is 7.69. The van der Waals surface area contributed by atoms with Crippen molar-refractivity contribution in [3.8, 4) is 11.5 Å². The third-order valence-electron chi connectivity index (χ3n) is 5.29. The van der Waals surface area contributed by atoms with Crippen molar-refractivity contribution >= 4 is 27.4 Å². The van der Waals surface area contributed by atoms with Gasteiger partial charge in [0, 0.05) is 23.0 Å².